The molecule has 10 heteroatoms. The van der Waals surface area contributed by atoms with Crippen LogP contribution in [0.4, 0.5) is 26.3 Å². The van der Waals surface area contributed by atoms with E-state index in [2.05, 4.69) is 10.6 Å². The molecule has 1 aromatic carbocycles. The second-order valence-corrected chi connectivity index (χ2v) is 9.92. The topological polar surface area (TPSA) is 50.4 Å². The van der Waals surface area contributed by atoms with Gasteiger partial charge in [0.05, 0.1) is 16.5 Å². The summed E-state index contributed by atoms with van der Waals surface area (Å²) >= 11 is 0. The largest absolute Gasteiger partial charge is 0.416 e. The summed E-state index contributed by atoms with van der Waals surface area (Å²) in [6.07, 6.45) is -4.34. The van der Waals surface area contributed by atoms with Gasteiger partial charge in [-0.25, -0.2) is 0 Å². The highest BCUT2D eigenvalue weighted by Crippen LogP contribution is 2.49. The number of alkyl halides is 6. The van der Waals surface area contributed by atoms with E-state index in [4.69, 9.17) is 4.74 Å². The van der Waals surface area contributed by atoms with Crippen LogP contribution in [0.2, 0.25) is 0 Å². The molecule has 1 saturated carbocycles. The molecule has 1 amide bonds. The van der Waals surface area contributed by atoms with E-state index in [1.54, 1.807) is 0 Å². The van der Waals surface area contributed by atoms with Crippen molar-refractivity contribution < 1.29 is 35.9 Å². The lowest BCUT2D eigenvalue weighted by Crippen LogP contribution is -2.50. The van der Waals surface area contributed by atoms with Crippen molar-refractivity contribution in [2.75, 3.05) is 26.3 Å². The molecule has 4 rings (SSSR count). The summed E-state index contributed by atoms with van der Waals surface area (Å²) in [5, 5.41) is 5.98. The van der Waals surface area contributed by atoms with Crippen LogP contribution < -0.4 is 10.6 Å². The Bertz CT molecular complexity index is 837. The number of nitrogens with one attached hydrogen (secondary N) is 2. The Hall–Kier alpha value is -1.81. The first-order valence-electron chi connectivity index (χ1n) is 11.8. The summed E-state index contributed by atoms with van der Waals surface area (Å²) in [5.41, 5.74) is -3.70. The predicted octanol–water partition coefficient (Wildman–Crippen LogP) is 5.16. The van der Waals surface area contributed by atoms with Crippen molar-refractivity contribution in [2.45, 2.75) is 57.4 Å². The van der Waals surface area contributed by atoms with E-state index < -0.39 is 35.4 Å². The van der Waals surface area contributed by atoms with Gasteiger partial charge in [0, 0.05) is 26.3 Å². The molecule has 1 aliphatic carbocycles. The lowest BCUT2D eigenvalue weighted by molar-refractivity contribution is -0.143. The molecule has 2 saturated heterocycles. The first-order chi connectivity index (χ1) is 16.0. The maximum atomic E-state index is 13.6. The molecule has 0 spiro atoms. The molecule has 0 radical (unpaired) electrons. The summed E-state index contributed by atoms with van der Waals surface area (Å²) in [5.74, 6) is 0.702. The van der Waals surface area contributed by atoms with Gasteiger partial charge in [0.2, 0.25) is 5.91 Å². The molecular formula is C24H30F6N2O2. The minimum absolute atomic E-state index is 0.102. The smallest absolute Gasteiger partial charge is 0.381 e. The average Bonchev–Trinajstić information content (AvgIpc) is 3.48. The van der Waals surface area contributed by atoms with Gasteiger partial charge in [-0.15, -0.1) is 0 Å². The minimum Gasteiger partial charge on any atom is -0.381 e. The van der Waals surface area contributed by atoms with Gasteiger partial charge in [0.25, 0.3) is 0 Å². The van der Waals surface area contributed by atoms with Crippen molar-refractivity contribution in [1.82, 2.24) is 10.6 Å². The zero-order chi connectivity index (χ0) is 24.6. The fourth-order valence-electron chi connectivity index (χ4n) is 5.57. The molecule has 3 aliphatic rings. The highest BCUT2D eigenvalue weighted by molar-refractivity contribution is 5.83. The van der Waals surface area contributed by atoms with Gasteiger partial charge < -0.3 is 15.4 Å². The SMILES string of the molecule is O=C(NCc1cc(C(F)(F)F)cc(C(F)(F)F)c1)C1(C(CC2CC2)C2CCOCC2)CCNC1. The van der Waals surface area contributed by atoms with Gasteiger partial charge in [-0.1, -0.05) is 12.8 Å². The maximum Gasteiger partial charge on any atom is 0.416 e. The van der Waals surface area contributed by atoms with Gasteiger partial charge in [-0.3, -0.25) is 4.79 Å². The van der Waals surface area contributed by atoms with E-state index in [0.717, 1.165) is 32.1 Å². The molecule has 2 N–H and O–H groups in total. The second kappa shape index (κ2) is 9.68. The zero-order valence-electron chi connectivity index (χ0n) is 18.8. The molecule has 190 valence electrons. The third-order valence-electron chi connectivity index (χ3n) is 7.57. The van der Waals surface area contributed by atoms with Crippen LogP contribution in [-0.4, -0.2) is 32.2 Å². The molecule has 34 heavy (non-hydrogen) atoms. The number of hydrogen-bond donors (Lipinski definition) is 2. The fraction of sp³-hybridized carbons (Fsp3) is 0.708. The van der Waals surface area contributed by atoms with Crippen molar-refractivity contribution in [3.05, 3.63) is 34.9 Å². The van der Waals surface area contributed by atoms with E-state index in [-0.39, 0.29) is 23.5 Å². The first-order valence-corrected chi connectivity index (χ1v) is 11.8. The number of benzene rings is 1. The van der Waals surface area contributed by atoms with Crippen molar-refractivity contribution in [3.8, 4) is 0 Å². The Balaban J connectivity index is 1.56. The Labute approximate surface area is 194 Å². The van der Waals surface area contributed by atoms with E-state index in [0.29, 0.717) is 56.7 Å². The Morgan fingerprint density at radius 2 is 1.65 bits per heavy atom. The van der Waals surface area contributed by atoms with Gasteiger partial charge in [-0.2, -0.15) is 26.3 Å². The van der Waals surface area contributed by atoms with E-state index in [9.17, 15) is 31.1 Å². The van der Waals surface area contributed by atoms with Crippen molar-refractivity contribution >= 4 is 5.91 Å². The molecule has 0 bridgehead atoms. The summed E-state index contributed by atoms with van der Waals surface area (Å²) < 4.78 is 84.8. The molecule has 4 nitrogen and oxygen atoms in total. The van der Waals surface area contributed by atoms with Crippen molar-refractivity contribution in [3.63, 3.8) is 0 Å². The summed E-state index contributed by atoms with van der Waals surface area (Å²) in [6, 6.07) is 1.45. The van der Waals surface area contributed by atoms with Gasteiger partial charge in [-0.05, 0) is 73.7 Å². The molecule has 0 aromatic heterocycles. The van der Waals surface area contributed by atoms with Crippen LogP contribution in [-0.2, 0) is 28.4 Å². The zero-order valence-corrected chi connectivity index (χ0v) is 18.8. The van der Waals surface area contributed by atoms with Gasteiger partial charge in [0.15, 0.2) is 0 Å². The summed E-state index contributed by atoms with van der Waals surface area (Å²) in [6.45, 7) is 2.00. The predicted molar refractivity (Wildman–Crippen MR) is 113 cm³/mol. The highest BCUT2D eigenvalue weighted by atomic mass is 19.4. The third-order valence-corrected chi connectivity index (χ3v) is 7.57. The maximum absolute atomic E-state index is 13.6. The number of amides is 1. The van der Waals surface area contributed by atoms with E-state index in [1.807, 2.05) is 0 Å². The van der Waals surface area contributed by atoms with Crippen LogP contribution in [0.5, 0.6) is 0 Å². The first kappa shape index (κ1) is 25.3. The summed E-state index contributed by atoms with van der Waals surface area (Å²) in [4.78, 5) is 13.6. The van der Waals surface area contributed by atoms with Gasteiger partial charge in [0.1, 0.15) is 0 Å². The molecule has 3 fully saturated rings. The molecule has 1 aromatic rings. The van der Waals surface area contributed by atoms with Crippen LogP contribution in [0.3, 0.4) is 0 Å². The average molecular weight is 493 g/mol. The van der Waals surface area contributed by atoms with Crippen LogP contribution in [0.1, 0.15) is 55.2 Å². The molecule has 2 aliphatic heterocycles. The molecule has 2 atom stereocenters. The Kier molecular flexibility index (Phi) is 7.20. The van der Waals surface area contributed by atoms with Crippen LogP contribution in [0.15, 0.2) is 18.2 Å². The Morgan fingerprint density at radius 3 is 2.15 bits per heavy atom. The molecule has 2 heterocycles. The highest BCUT2D eigenvalue weighted by Gasteiger charge is 2.51. The Morgan fingerprint density at radius 1 is 1.03 bits per heavy atom. The summed E-state index contributed by atoms with van der Waals surface area (Å²) in [7, 11) is 0. The lowest BCUT2D eigenvalue weighted by Gasteiger charge is -2.42. The van der Waals surface area contributed by atoms with Crippen LogP contribution >= 0.6 is 0 Å². The molecule has 2 unspecified atom stereocenters. The van der Waals surface area contributed by atoms with Crippen molar-refractivity contribution in [1.29, 1.82) is 0 Å². The number of rotatable bonds is 7. The number of hydrogen-bond acceptors (Lipinski definition) is 3. The quantitative estimate of drug-likeness (QED) is 0.517. The lowest BCUT2D eigenvalue weighted by atomic mass is 9.64. The fourth-order valence-corrected chi connectivity index (χ4v) is 5.57. The number of carbonyl (C=O) groups excluding carboxylic acids is 1. The molecular weight excluding hydrogens is 462 g/mol. The normalized spacial score (nSPS) is 25.4. The van der Waals surface area contributed by atoms with Crippen molar-refractivity contribution in [2.24, 2.45) is 23.2 Å². The van der Waals surface area contributed by atoms with Crippen LogP contribution in [0, 0.1) is 23.2 Å². The van der Waals surface area contributed by atoms with E-state index in [1.165, 1.54) is 0 Å². The minimum atomic E-state index is -4.92. The van der Waals surface area contributed by atoms with Crippen LogP contribution in [0.25, 0.3) is 0 Å². The number of halogens is 6. The number of carbonyl (C=O) groups is 1. The third kappa shape index (κ3) is 5.70. The second-order valence-electron chi connectivity index (χ2n) is 9.92. The number of ether oxygens (including phenoxy) is 1. The van der Waals surface area contributed by atoms with Gasteiger partial charge >= 0.3 is 12.4 Å². The van der Waals surface area contributed by atoms with E-state index >= 15 is 0 Å². The monoisotopic (exact) mass is 492 g/mol. The standard InChI is InChI=1S/C24H30F6N2O2/c25-23(26,27)18-9-16(10-19(12-18)24(28,29)30)13-32-21(33)22(5-6-31-14-22)20(11-15-1-2-15)17-3-7-34-8-4-17/h9-10,12,15,17,20,31H,1-8,11,13-14H2,(H,32,33).